The molecule has 0 rings (SSSR count). The fourth-order valence-electron chi connectivity index (χ4n) is 0.696. The number of carbonyl (C=O) groups is 1. The maximum atomic E-state index is 10.9. The van der Waals surface area contributed by atoms with Crippen LogP contribution in [0, 0.1) is 0 Å². The molecule has 0 aromatic rings. The van der Waals surface area contributed by atoms with Gasteiger partial charge < -0.3 is 9.57 Å². The second kappa shape index (κ2) is 10.0. The molecule has 0 fully saturated rings. The second-order valence-electron chi connectivity index (χ2n) is 2.94. The van der Waals surface area contributed by atoms with Crippen LogP contribution in [-0.4, -0.2) is 25.4 Å². The van der Waals surface area contributed by atoms with Crippen LogP contribution >= 0.6 is 0 Å². The van der Waals surface area contributed by atoms with Crippen molar-refractivity contribution in [3.8, 4) is 0 Å². The third kappa shape index (κ3) is 9.03. The third-order valence-electron chi connectivity index (χ3n) is 1.56. The van der Waals surface area contributed by atoms with Crippen LogP contribution in [0.3, 0.4) is 0 Å². The lowest BCUT2D eigenvalue weighted by Crippen LogP contribution is -2.07. The number of hydrogen-bond acceptors (Lipinski definition) is 4. The number of esters is 1. The van der Waals surface area contributed by atoms with Gasteiger partial charge in [0.1, 0.15) is 6.61 Å². The molecular formula is C10H19NO3. The summed E-state index contributed by atoms with van der Waals surface area (Å²) in [5, 5.41) is 3.49. The summed E-state index contributed by atoms with van der Waals surface area (Å²) in [7, 11) is 0. The first-order valence-electron chi connectivity index (χ1n) is 5.13. The summed E-state index contributed by atoms with van der Waals surface area (Å²) < 4.78 is 4.82. The molecular weight excluding hydrogens is 182 g/mol. The third-order valence-corrected chi connectivity index (χ3v) is 1.56. The van der Waals surface area contributed by atoms with Gasteiger partial charge in [-0.15, -0.1) is 0 Å². The van der Waals surface area contributed by atoms with Crippen LogP contribution in [-0.2, 0) is 14.4 Å². The molecule has 0 amide bonds. The second-order valence-corrected chi connectivity index (χ2v) is 2.94. The van der Waals surface area contributed by atoms with Gasteiger partial charge in [0.25, 0.3) is 0 Å². The molecule has 0 bridgehead atoms. The van der Waals surface area contributed by atoms with E-state index in [1.165, 1.54) is 0 Å². The van der Waals surface area contributed by atoms with E-state index < -0.39 is 5.97 Å². The first-order chi connectivity index (χ1) is 6.81. The summed E-state index contributed by atoms with van der Waals surface area (Å²) in [5.41, 5.74) is 0. The van der Waals surface area contributed by atoms with Gasteiger partial charge in [0.05, 0.1) is 6.61 Å². The Labute approximate surface area is 85.3 Å². The average molecular weight is 201 g/mol. The van der Waals surface area contributed by atoms with Gasteiger partial charge in [-0.3, -0.25) is 0 Å². The van der Waals surface area contributed by atoms with E-state index in [-0.39, 0.29) is 0 Å². The van der Waals surface area contributed by atoms with Crippen molar-refractivity contribution in [2.24, 2.45) is 5.16 Å². The Morgan fingerprint density at radius 3 is 2.50 bits per heavy atom. The Morgan fingerprint density at radius 2 is 1.86 bits per heavy atom. The zero-order valence-electron chi connectivity index (χ0n) is 8.99. The molecule has 0 radical (unpaired) electrons. The lowest BCUT2D eigenvalue weighted by atomic mass is 10.4. The van der Waals surface area contributed by atoms with E-state index in [9.17, 15) is 4.79 Å². The minimum absolute atomic E-state index is 0.435. The van der Waals surface area contributed by atoms with Crippen LogP contribution in [0.2, 0.25) is 0 Å². The highest BCUT2D eigenvalue weighted by Gasteiger charge is 1.96. The zero-order valence-corrected chi connectivity index (χ0v) is 8.99. The van der Waals surface area contributed by atoms with Gasteiger partial charge >= 0.3 is 5.97 Å². The van der Waals surface area contributed by atoms with Gasteiger partial charge in [-0.1, -0.05) is 31.8 Å². The van der Waals surface area contributed by atoms with Gasteiger partial charge in [-0.25, -0.2) is 4.79 Å². The van der Waals surface area contributed by atoms with Crippen LogP contribution in [0.4, 0.5) is 0 Å². The molecule has 0 heterocycles. The lowest BCUT2D eigenvalue weighted by molar-refractivity contribution is -0.135. The number of ether oxygens (including phenoxy) is 1. The number of nitrogens with zero attached hydrogens (tertiary/aromatic N) is 1. The van der Waals surface area contributed by atoms with Crippen molar-refractivity contribution in [2.45, 2.75) is 39.5 Å². The Kier molecular flexibility index (Phi) is 9.26. The molecule has 4 nitrogen and oxygen atoms in total. The molecule has 0 N–H and O–H groups in total. The molecule has 0 aliphatic heterocycles. The predicted octanol–water partition coefficient (Wildman–Crippen LogP) is 2.13. The average Bonchev–Trinajstić information content (AvgIpc) is 2.18. The minimum atomic E-state index is -0.435. The van der Waals surface area contributed by atoms with E-state index >= 15 is 0 Å². The van der Waals surface area contributed by atoms with Crippen LogP contribution < -0.4 is 0 Å². The highest BCUT2D eigenvalue weighted by atomic mass is 16.6. The molecule has 0 saturated heterocycles. The number of carbonyl (C=O) groups excluding carboxylic acids is 1. The van der Waals surface area contributed by atoms with Crippen molar-refractivity contribution in [1.29, 1.82) is 0 Å². The van der Waals surface area contributed by atoms with Gasteiger partial charge in [-0.05, 0) is 12.8 Å². The number of rotatable bonds is 8. The summed E-state index contributed by atoms with van der Waals surface area (Å²) in [4.78, 5) is 15.7. The van der Waals surface area contributed by atoms with Gasteiger partial charge in [-0.2, -0.15) is 0 Å². The first kappa shape index (κ1) is 12.9. The summed E-state index contributed by atoms with van der Waals surface area (Å²) >= 11 is 0. The molecule has 0 aromatic heterocycles. The number of oxime groups is 1. The number of unbranched alkanes of at least 4 members (excludes halogenated alkanes) is 2. The van der Waals surface area contributed by atoms with E-state index in [1.807, 2.05) is 6.92 Å². The van der Waals surface area contributed by atoms with Crippen molar-refractivity contribution >= 4 is 12.2 Å². The maximum Gasteiger partial charge on any atom is 0.352 e. The molecule has 0 saturated carbocycles. The van der Waals surface area contributed by atoms with Gasteiger partial charge in [0.15, 0.2) is 6.21 Å². The fraction of sp³-hybridized carbons (Fsp3) is 0.800. The van der Waals surface area contributed by atoms with Crippen LogP contribution in [0.1, 0.15) is 39.5 Å². The highest BCUT2D eigenvalue weighted by molar-refractivity contribution is 6.22. The summed E-state index contributed by atoms with van der Waals surface area (Å²) in [5.74, 6) is -0.435. The van der Waals surface area contributed by atoms with E-state index in [4.69, 9.17) is 9.57 Å². The molecule has 0 aliphatic rings. The summed E-state index contributed by atoms with van der Waals surface area (Å²) in [6.07, 6.45) is 4.97. The van der Waals surface area contributed by atoms with Gasteiger partial charge in [0.2, 0.25) is 0 Å². The standard InChI is InChI=1S/C10H19NO3/c1-3-5-7-13-10(12)9-11-14-8-6-4-2/h9H,3-8H2,1-2H3. The molecule has 82 valence electrons. The molecule has 0 aliphatic carbocycles. The van der Waals surface area contributed by atoms with E-state index in [0.29, 0.717) is 13.2 Å². The monoisotopic (exact) mass is 201 g/mol. The predicted molar refractivity (Wildman–Crippen MR) is 55.2 cm³/mol. The van der Waals surface area contributed by atoms with E-state index in [0.717, 1.165) is 31.9 Å². The van der Waals surface area contributed by atoms with E-state index in [2.05, 4.69) is 12.1 Å². The zero-order chi connectivity index (χ0) is 10.6. The normalized spacial score (nSPS) is 10.4. The van der Waals surface area contributed by atoms with Crippen molar-refractivity contribution in [3.05, 3.63) is 0 Å². The Bertz CT molecular complexity index is 169. The first-order valence-corrected chi connectivity index (χ1v) is 5.13. The molecule has 0 unspecified atom stereocenters. The molecule has 0 spiro atoms. The Balaban J connectivity index is 3.32. The van der Waals surface area contributed by atoms with Crippen molar-refractivity contribution in [3.63, 3.8) is 0 Å². The van der Waals surface area contributed by atoms with E-state index in [1.54, 1.807) is 0 Å². The topological polar surface area (TPSA) is 47.9 Å². The Morgan fingerprint density at radius 1 is 1.21 bits per heavy atom. The van der Waals surface area contributed by atoms with Gasteiger partial charge in [0, 0.05) is 0 Å². The molecule has 0 atom stereocenters. The van der Waals surface area contributed by atoms with Crippen LogP contribution in [0.25, 0.3) is 0 Å². The molecule has 4 heteroatoms. The molecule has 14 heavy (non-hydrogen) atoms. The fourth-order valence-corrected chi connectivity index (χ4v) is 0.696. The Hall–Kier alpha value is -1.06. The largest absolute Gasteiger partial charge is 0.461 e. The highest BCUT2D eigenvalue weighted by Crippen LogP contribution is 1.89. The summed E-state index contributed by atoms with van der Waals surface area (Å²) in [6, 6.07) is 0. The maximum absolute atomic E-state index is 10.9. The van der Waals surface area contributed by atoms with Crippen molar-refractivity contribution in [1.82, 2.24) is 0 Å². The minimum Gasteiger partial charge on any atom is -0.461 e. The van der Waals surface area contributed by atoms with Crippen LogP contribution in [0.15, 0.2) is 5.16 Å². The quantitative estimate of drug-likeness (QED) is 0.261. The summed E-state index contributed by atoms with van der Waals surface area (Å²) in [6.45, 7) is 5.10. The lowest BCUT2D eigenvalue weighted by Gasteiger charge is -1.98. The number of hydrogen-bond donors (Lipinski definition) is 0. The van der Waals surface area contributed by atoms with Crippen molar-refractivity contribution in [2.75, 3.05) is 13.2 Å². The smallest absolute Gasteiger partial charge is 0.352 e. The SMILES string of the molecule is CCCCON=CC(=O)OCCCC. The molecule has 0 aromatic carbocycles. The van der Waals surface area contributed by atoms with Crippen molar-refractivity contribution < 1.29 is 14.4 Å². The van der Waals surface area contributed by atoms with Crippen LogP contribution in [0.5, 0.6) is 0 Å².